The van der Waals surface area contributed by atoms with E-state index in [0.29, 0.717) is 23.3 Å². The predicted octanol–water partition coefficient (Wildman–Crippen LogP) is 4.73. The average molecular weight is 525 g/mol. The molecule has 0 fully saturated rings. The number of anilines is 1. The molecule has 2 aromatic carbocycles. The van der Waals surface area contributed by atoms with E-state index in [0.717, 1.165) is 34.0 Å². The number of hydrogen-bond acceptors (Lipinski definition) is 5. The van der Waals surface area contributed by atoms with Gasteiger partial charge in [0.1, 0.15) is 0 Å². The van der Waals surface area contributed by atoms with Crippen LogP contribution in [0.5, 0.6) is 0 Å². The number of alkyl halides is 3. The number of nitrogens with zero attached hydrogens (tertiary/aromatic N) is 4. The van der Waals surface area contributed by atoms with Gasteiger partial charge in [-0.25, -0.2) is 22.5 Å². The third kappa shape index (κ3) is 4.93. The lowest BCUT2D eigenvalue weighted by atomic mass is 10.1. The molecule has 182 valence electrons. The summed E-state index contributed by atoms with van der Waals surface area (Å²) < 4.78 is 68.8. The second-order valence-corrected chi connectivity index (χ2v) is 9.83. The van der Waals surface area contributed by atoms with Crippen molar-refractivity contribution in [3.8, 4) is 0 Å². The summed E-state index contributed by atoms with van der Waals surface area (Å²) in [5, 5.41) is 13.5. The summed E-state index contributed by atoms with van der Waals surface area (Å²) in [5.41, 5.74) is -0.107. The molecule has 0 atom stereocenters. The van der Waals surface area contributed by atoms with Crippen molar-refractivity contribution >= 4 is 44.3 Å². The van der Waals surface area contributed by atoms with Crippen molar-refractivity contribution in [1.82, 2.24) is 14.8 Å². The van der Waals surface area contributed by atoms with E-state index < -0.39 is 38.6 Å². The maximum atomic E-state index is 13.6. The van der Waals surface area contributed by atoms with Gasteiger partial charge in [0.25, 0.3) is 10.0 Å². The molecule has 0 radical (unpaired) electrons. The fraction of sp³-hybridized carbons (Fsp3) is 0.136. The Hall–Kier alpha value is -3.64. The number of carboxylic acids is 1. The molecule has 1 N–H and O–H groups in total. The predicted molar refractivity (Wildman–Crippen MR) is 122 cm³/mol. The van der Waals surface area contributed by atoms with Crippen LogP contribution < -0.4 is 4.31 Å². The number of hydrogen-bond donors (Lipinski definition) is 1. The standard InChI is InChI=1S/C22H16ClF3N4O4S/c1-29-12-15-8-13(2-7-19(15)28-29)11-30(20-18(23)9-16(10-27-20)22(24,25)26)35(33,34)17-5-3-14(4-6-17)21(31)32/h2-10,12H,11H2,1H3,(H,31,32). The number of pyridine rings is 1. The van der Waals surface area contributed by atoms with Crippen molar-refractivity contribution in [2.24, 2.45) is 7.05 Å². The molecular weight excluding hydrogens is 509 g/mol. The molecule has 0 aliphatic heterocycles. The van der Waals surface area contributed by atoms with Crippen molar-refractivity contribution in [2.75, 3.05) is 4.31 Å². The maximum absolute atomic E-state index is 13.6. The fourth-order valence-electron chi connectivity index (χ4n) is 3.40. The number of carbonyl (C=O) groups is 1. The van der Waals surface area contributed by atoms with E-state index in [4.69, 9.17) is 16.7 Å². The molecular formula is C22H16ClF3N4O4S. The third-order valence-electron chi connectivity index (χ3n) is 5.08. The van der Waals surface area contributed by atoms with Crippen molar-refractivity contribution in [2.45, 2.75) is 17.6 Å². The summed E-state index contributed by atoms with van der Waals surface area (Å²) in [5.74, 6) is -1.66. The van der Waals surface area contributed by atoms with E-state index in [2.05, 4.69) is 10.1 Å². The Bertz CT molecular complexity index is 1540. The van der Waals surface area contributed by atoms with E-state index in [1.54, 1.807) is 36.1 Å². The van der Waals surface area contributed by atoms with E-state index in [-0.39, 0.29) is 17.0 Å². The smallest absolute Gasteiger partial charge is 0.417 e. The second-order valence-electron chi connectivity index (χ2n) is 7.56. The molecule has 0 saturated carbocycles. The van der Waals surface area contributed by atoms with Gasteiger partial charge < -0.3 is 5.11 Å². The van der Waals surface area contributed by atoms with Gasteiger partial charge in [0.15, 0.2) is 5.82 Å². The Morgan fingerprint density at radius 2 is 1.83 bits per heavy atom. The van der Waals surface area contributed by atoms with E-state index in [1.807, 2.05) is 0 Å². The van der Waals surface area contributed by atoms with Crippen LogP contribution in [0.4, 0.5) is 19.0 Å². The molecule has 0 aliphatic rings. The Balaban J connectivity index is 1.83. The number of aromatic nitrogens is 3. The number of aromatic carboxylic acids is 1. The number of sulfonamides is 1. The molecule has 13 heteroatoms. The number of halogens is 4. The number of rotatable bonds is 6. The van der Waals surface area contributed by atoms with Crippen molar-refractivity contribution in [3.05, 3.63) is 82.6 Å². The second kappa shape index (κ2) is 8.86. The lowest BCUT2D eigenvalue weighted by Crippen LogP contribution is -2.32. The molecule has 0 unspecified atom stereocenters. The first-order chi connectivity index (χ1) is 16.4. The summed E-state index contributed by atoms with van der Waals surface area (Å²) in [7, 11) is -2.70. The Morgan fingerprint density at radius 3 is 2.43 bits per heavy atom. The SMILES string of the molecule is Cn1cc2cc(CN(c3ncc(C(F)(F)F)cc3Cl)S(=O)(=O)c3ccc(C(=O)O)cc3)ccc2n1. The van der Waals surface area contributed by atoms with Crippen LogP contribution in [-0.4, -0.2) is 34.3 Å². The summed E-state index contributed by atoms with van der Waals surface area (Å²) >= 11 is 6.10. The fourth-order valence-corrected chi connectivity index (χ4v) is 5.15. The first-order valence-corrected chi connectivity index (χ1v) is 11.7. The molecule has 0 aliphatic carbocycles. The van der Waals surface area contributed by atoms with Crippen molar-refractivity contribution in [3.63, 3.8) is 0 Å². The van der Waals surface area contributed by atoms with Crippen LogP contribution >= 0.6 is 11.6 Å². The molecule has 2 aromatic heterocycles. The summed E-state index contributed by atoms with van der Waals surface area (Å²) in [4.78, 5) is 14.6. The lowest BCUT2D eigenvalue weighted by Gasteiger charge is -2.25. The molecule has 0 bridgehead atoms. The highest BCUT2D eigenvalue weighted by molar-refractivity contribution is 7.92. The van der Waals surface area contributed by atoms with Crippen LogP contribution in [0.15, 0.2) is 65.8 Å². The zero-order valence-electron chi connectivity index (χ0n) is 17.9. The summed E-state index contributed by atoms with van der Waals surface area (Å²) in [6.07, 6.45) is -2.50. The number of aryl methyl sites for hydroxylation is 1. The van der Waals surface area contributed by atoms with Crippen molar-refractivity contribution < 1.29 is 31.5 Å². The minimum Gasteiger partial charge on any atom is -0.478 e. The number of fused-ring (bicyclic) bond motifs is 1. The van der Waals surface area contributed by atoms with Crippen LogP contribution in [0, 0.1) is 0 Å². The molecule has 35 heavy (non-hydrogen) atoms. The van der Waals surface area contributed by atoms with Gasteiger partial charge in [0.2, 0.25) is 0 Å². The Kier molecular flexibility index (Phi) is 6.20. The van der Waals surface area contributed by atoms with Crippen LogP contribution in [0.1, 0.15) is 21.5 Å². The van der Waals surface area contributed by atoms with E-state index >= 15 is 0 Å². The molecule has 0 saturated heterocycles. The Labute approximate surface area is 202 Å². The van der Waals surface area contributed by atoms with Crippen LogP contribution in [0.2, 0.25) is 5.02 Å². The van der Waals surface area contributed by atoms with Gasteiger partial charge in [-0.15, -0.1) is 0 Å². The molecule has 8 nitrogen and oxygen atoms in total. The summed E-state index contributed by atoms with van der Waals surface area (Å²) in [6.45, 7) is -0.314. The van der Waals surface area contributed by atoms with Gasteiger partial charge >= 0.3 is 12.1 Å². The van der Waals surface area contributed by atoms with Gasteiger partial charge in [-0.2, -0.15) is 18.3 Å². The lowest BCUT2D eigenvalue weighted by molar-refractivity contribution is -0.137. The van der Waals surface area contributed by atoms with E-state index in [1.165, 1.54) is 0 Å². The highest BCUT2D eigenvalue weighted by Gasteiger charge is 2.34. The van der Waals surface area contributed by atoms with Gasteiger partial charge in [-0.1, -0.05) is 17.7 Å². The third-order valence-corrected chi connectivity index (χ3v) is 7.11. The van der Waals surface area contributed by atoms with Crippen LogP contribution in [-0.2, 0) is 29.8 Å². The first-order valence-electron chi connectivity index (χ1n) is 9.87. The normalized spacial score (nSPS) is 12.1. The van der Waals surface area contributed by atoms with E-state index in [9.17, 15) is 26.4 Å². The highest BCUT2D eigenvalue weighted by Crippen LogP contribution is 2.36. The zero-order valence-corrected chi connectivity index (χ0v) is 19.4. The molecule has 4 aromatic rings. The largest absolute Gasteiger partial charge is 0.478 e. The highest BCUT2D eigenvalue weighted by atomic mass is 35.5. The van der Waals surface area contributed by atoms with Crippen molar-refractivity contribution in [1.29, 1.82) is 0 Å². The minimum absolute atomic E-state index is 0.136. The van der Waals surface area contributed by atoms with Crippen LogP contribution in [0.3, 0.4) is 0 Å². The quantitative estimate of drug-likeness (QED) is 0.391. The van der Waals surface area contributed by atoms with Gasteiger partial charge in [0.05, 0.1) is 33.1 Å². The van der Waals surface area contributed by atoms with Gasteiger partial charge in [-0.05, 0) is 48.0 Å². The minimum atomic E-state index is -4.73. The number of benzene rings is 2. The molecule has 0 amide bonds. The maximum Gasteiger partial charge on any atom is 0.417 e. The van der Waals surface area contributed by atoms with Crippen LogP contribution in [0.25, 0.3) is 10.9 Å². The Morgan fingerprint density at radius 1 is 1.14 bits per heavy atom. The van der Waals surface area contributed by atoms with Gasteiger partial charge in [0, 0.05) is 24.8 Å². The van der Waals surface area contributed by atoms with Gasteiger partial charge in [-0.3, -0.25) is 4.68 Å². The zero-order chi connectivity index (χ0) is 25.5. The average Bonchev–Trinajstić information content (AvgIpc) is 3.16. The first kappa shape index (κ1) is 24.5. The molecule has 2 heterocycles. The topological polar surface area (TPSA) is 105 Å². The monoisotopic (exact) mass is 524 g/mol. The molecule has 0 spiro atoms. The number of carboxylic acid groups (broad SMARTS) is 1. The summed E-state index contributed by atoms with van der Waals surface area (Å²) in [6, 6.07) is 10.00. The molecule has 4 rings (SSSR count).